The second kappa shape index (κ2) is 8.90. The van der Waals surface area contributed by atoms with E-state index >= 15 is 0 Å². The van der Waals surface area contributed by atoms with Crippen molar-refractivity contribution >= 4 is 29.1 Å². The summed E-state index contributed by atoms with van der Waals surface area (Å²) < 4.78 is 13.6. The van der Waals surface area contributed by atoms with Crippen LogP contribution in [-0.4, -0.2) is 40.4 Å². The van der Waals surface area contributed by atoms with Crippen molar-refractivity contribution in [2.45, 2.75) is 24.9 Å². The van der Waals surface area contributed by atoms with Crippen LogP contribution in [-0.2, 0) is 6.54 Å². The van der Waals surface area contributed by atoms with Gasteiger partial charge in [0.1, 0.15) is 17.2 Å². The van der Waals surface area contributed by atoms with Gasteiger partial charge < -0.3 is 20.9 Å². The molecule has 7 nitrogen and oxygen atoms in total. The van der Waals surface area contributed by atoms with Gasteiger partial charge >= 0.3 is 6.03 Å². The second-order valence-corrected chi connectivity index (χ2v) is 8.35. The molecule has 1 unspecified atom stereocenters. The molecule has 3 aromatic rings. The number of amidine groups is 1. The van der Waals surface area contributed by atoms with E-state index in [-0.39, 0.29) is 11.8 Å². The van der Waals surface area contributed by atoms with Gasteiger partial charge in [-0.25, -0.2) is 14.2 Å². The predicted octanol–water partition coefficient (Wildman–Crippen LogP) is 4.72. The minimum atomic E-state index is -0.567. The van der Waals surface area contributed by atoms with E-state index in [0.717, 1.165) is 35.7 Å². The van der Waals surface area contributed by atoms with E-state index in [1.54, 1.807) is 23.2 Å². The third-order valence-corrected chi connectivity index (χ3v) is 5.99. The Kier molecular flexibility index (Phi) is 5.64. The highest BCUT2D eigenvalue weighted by Crippen LogP contribution is 2.35. The largest absolute Gasteiger partial charge is 0.368 e. The van der Waals surface area contributed by atoms with Crippen LogP contribution < -0.4 is 16.0 Å². The first-order valence-corrected chi connectivity index (χ1v) is 11.0. The van der Waals surface area contributed by atoms with Gasteiger partial charge in [-0.3, -0.25) is 4.99 Å². The van der Waals surface area contributed by atoms with Crippen LogP contribution in [0.4, 0.5) is 26.4 Å². The Morgan fingerprint density at radius 3 is 2.88 bits per heavy atom. The number of hydrogen-bond donors (Lipinski definition) is 3. The molecule has 2 aromatic carbocycles. The van der Waals surface area contributed by atoms with Gasteiger partial charge in [-0.2, -0.15) is 0 Å². The smallest absolute Gasteiger partial charge is 0.321 e. The third kappa shape index (κ3) is 4.50. The second-order valence-electron chi connectivity index (χ2n) is 8.35. The molecule has 3 heterocycles. The van der Waals surface area contributed by atoms with Gasteiger partial charge in [0.25, 0.3) is 0 Å². The van der Waals surface area contributed by atoms with E-state index in [1.165, 1.54) is 12.1 Å². The number of fused-ring (bicyclic) bond motifs is 1. The fourth-order valence-electron chi connectivity index (χ4n) is 4.39. The van der Waals surface area contributed by atoms with E-state index in [9.17, 15) is 9.18 Å². The molecule has 8 heteroatoms. The lowest BCUT2D eigenvalue weighted by molar-refractivity contribution is 0.187. The molecule has 33 heavy (non-hydrogen) atoms. The van der Waals surface area contributed by atoms with Crippen molar-refractivity contribution in [1.82, 2.24) is 9.88 Å². The molecule has 1 saturated heterocycles. The first kappa shape index (κ1) is 20.9. The number of amides is 2. The first-order chi connectivity index (χ1) is 16.1. The van der Waals surface area contributed by atoms with Crippen molar-refractivity contribution in [3.63, 3.8) is 0 Å². The van der Waals surface area contributed by atoms with Crippen LogP contribution in [0.15, 0.2) is 77.9 Å². The summed E-state index contributed by atoms with van der Waals surface area (Å²) >= 11 is 0. The molecule has 1 atom stereocenters. The van der Waals surface area contributed by atoms with Crippen LogP contribution in [0.25, 0.3) is 0 Å². The molecule has 3 N–H and O–H groups in total. The summed E-state index contributed by atoms with van der Waals surface area (Å²) in [7, 11) is 0. The van der Waals surface area contributed by atoms with Gasteiger partial charge in [0, 0.05) is 18.4 Å². The Bertz CT molecular complexity index is 1180. The number of rotatable bonds is 3. The van der Waals surface area contributed by atoms with Crippen molar-refractivity contribution < 1.29 is 9.18 Å². The fraction of sp³-hybridized carbons (Fsp3) is 0.240. The number of likely N-dealkylation sites (tertiary alicyclic amines) is 1. The Morgan fingerprint density at radius 1 is 1.15 bits per heavy atom. The maximum atomic E-state index is 13.6. The standard InChI is InChI=1S/C25H25FN6O/c26-19-9-4-10-20(15-19)29-24(33)32-14-6-12-25(17-32)23(28-16-18-7-2-1-3-8-18)30-22-21(31-25)11-5-13-27-22/h1-5,7-11,13,15,31H,6,12,14,16-17H2,(H,29,33)(H,27,28,30). The summed E-state index contributed by atoms with van der Waals surface area (Å²) in [6.45, 7) is 1.55. The highest BCUT2D eigenvalue weighted by molar-refractivity contribution is 6.09. The molecule has 2 amide bonds. The summed E-state index contributed by atoms with van der Waals surface area (Å²) in [6.07, 6.45) is 3.34. The minimum absolute atomic E-state index is 0.263. The van der Waals surface area contributed by atoms with Gasteiger partial charge in [-0.05, 0) is 48.7 Å². The molecule has 5 rings (SSSR count). The number of pyridine rings is 1. The van der Waals surface area contributed by atoms with E-state index in [4.69, 9.17) is 4.99 Å². The SMILES string of the molecule is O=C(Nc1cccc(F)c1)N1CCCC2(C1)Nc1cccnc1NC2=NCc1ccccc1. The molecule has 1 spiro atoms. The molecule has 168 valence electrons. The molecule has 1 fully saturated rings. The van der Waals surface area contributed by atoms with Crippen molar-refractivity contribution in [2.24, 2.45) is 4.99 Å². The van der Waals surface area contributed by atoms with Crippen LogP contribution >= 0.6 is 0 Å². The number of anilines is 3. The molecule has 0 aliphatic carbocycles. The van der Waals surface area contributed by atoms with Gasteiger partial charge in [0.05, 0.1) is 18.8 Å². The molecule has 2 aliphatic heterocycles. The molecular weight excluding hydrogens is 419 g/mol. The normalized spacial score (nSPS) is 20.6. The Morgan fingerprint density at radius 2 is 2.03 bits per heavy atom. The number of piperidine rings is 1. The maximum absolute atomic E-state index is 13.6. The Balaban J connectivity index is 1.42. The van der Waals surface area contributed by atoms with Crippen LogP contribution in [0.3, 0.4) is 0 Å². The molecule has 0 bridgehead atoms. The zero-order valence-corrected chi connectivity index (χ0v) is 18.1. The number of aromatic nitrogens is 1. The fourth-order valence-corrected chi connectivity index (χ4v) is 4.39. The van der Waals surface area contributed by atoms with Gasteiger partial charge in [-0.1, -0.05) is 36.4 Å². The maximum Gasteiger partial charge on any atom is 0.321 e. The summed E-state index contributed by atoms with van der Waals surface area (Å²) in [5.74, 6) is 1.09. The highest BCUT2D eigenvalue weighted by atomic mass is 19.1. The lowest BCUT2D eigenvalue weighted by atomic mass is 9.85. The Labute approximate surface area is 191 Å². The number of carbonyl (C=O) groups is 1. The summed E-state index contributed by atoms with van der Waals surface area (Å²) in [6, 6.07) is 19.6. The van der Waals surface area contributed by atoms with Crippen LogP contribution in [0, 0.1) is 5.82 Å². The van der Waals surface area contributed by atoms with E-state index in [0.29, 0.717) is 25.3 Å². The molecule has 0 radical (unpaired) electrons. The van der Waals surface area contributed by atoms with Crippen LogP contribution in [0.1, 0.15) is 18.4 Å². The van der Waals surface area contributed by atoms with E-state index in [2.05, 4.69) is 20.9 Å². The predicted molar refractivity (Wildman–Crippen MR) is 128 cm³/mol. The van der Waals surface area contributed by atoms with Gasteiger partial charge in [0.2, 0.25) is 0 Å². The van der Waals surface area contributed by atoms with Gasteiger partial charge in [0.15, 0.2) is 5.82 Å². The molecule has 0 saturated carbocycles. The van der Waals surface area contributed by atoms with Crippen molar-refractivity contribution in [3.05, 3.63) is 84.3 Å². The zero-order chi connectivity index (χ0) is 22.7. The number of urea groups is 1. The molecule has 2 aliphatic rings. The molecular formula is C25H25FN6O. The summed E-state index contributed by atoms with van der Waals surface area (Å²) in [5.41, 5.74) is 1.85. The quantitative estimate of drug-likeness (QED) is 0.546. The number of aliphatic imine (C=N–C) groups is 1. The number of benzene rings is 2. The van der Waals surface area contributed by atoms with Crippen molar-refractivity contribution in [3.8, 4) is 0 Å². The topological polar surface area (TPSA) is 81.7 Å². The number of halogens is 1. The zero-order valence-electron chi connectivity index (χ0n) is 18.1. The van der Waals surface area contributed by atoms with Crippen LogP contribution in [0.5, 0.6) is 0 Å². The van der Waals surface area contributed by atoms with E-state index < -0.39 is 5.54 Å². The number of nitrogens with zero attached hydrogens (tertiary/aromatic N) is 3. The lowest BCUT2D eigenvalue weighted by Crippen LogP contribution is -2.63. The Hall–Kier alpha value is -3.94. The number of hydrogen-bond acceptors (Lipinski definition) is 4. The summed E-state index contributed by atoms with van der Waals surface area (Å²) in [4.78, 5) is 24.1. The van der Waals surface area contributed by atoms with E-state index in [1.807, 2.05) is 42.5 Å². The number of nitrogens with one attached hydrogen (secondary N) is 3. The monoisotopic (exact) mass is 444 g/mol. The van der Waals surface area contributed by atoms with Crippen molar-refractivity contribution in [1.29, 1.82) is 0 Å². The number of carbonyl (C=O) groups excluding carboxylic acids is 1. The minimum Gasteiger partial charge on any atom is -0.368 e. The highest BCUT2D eigenvalue weighted by Gasteiger charge is 2.44. The average molecular weight is 445 g/mol. The lowest BCUT2D eigenvalue weighted by Gasteiger charge is -2.46. The molecule has 1 aromatic heterocycles. The van der Waals surface area contributed by atoms with Gasteiger partial charge in [-0.15, -0.1) is 0 Å². The first-order valence-electron chi connectivity index (χ1n) is 11.0. The van der Waals surface area contributed by atoms with Crippen LogP contribution in [0.2, 0.25) is 0 Å². The van der Waals surface area contributed by atoms with Crippen molar-refractivity contribution in [2.75, 3.05) is 29.0 Å². The summed E-state index contributed by atoms with van der Waals surface area (Å²) in [5, 5.41) is 9.84. The third-order valence-electron chi connectivity index (χ3n) is 5.99. The average Bonchev–Trinajstić information content (AvgIpc) is 2.83.